The number of hydrogen-bond acceptors (Lipinski definition) is 4. The van der Waals surface area contributed by atoms with Crippen LogP contribution in [0.1, 0.15) is 5.56 Å². The van der Waals surface area contributed by atoms with Gasteiger partial charge in [-0.2, -0.15) is 0 Å². The van der Waals surface area contributed by atoms with Gasteiger partial charge >= 0.3 is 0 Å². The number of aromatic nitrogens is 1. The van der Waals surface area contributed by atoms with E-state index in [2.05, 4.69) is 4.98 Å². The lowest BCUT2D eigenvalue weighted by atomic mass is 10.1. The van der Waals surface area contributed by atoms with E-state index >= 15 is 0 Å². The molecule has 0 bridgehead atoms. The summed E-state index contributed by atoms with van der Waals surface area (Å²) >= 11 is 7.54. The topological polar surface area (TPSA) is 48.1 Å². The number of halogens is 1. The zero-order valence-corrected chi connectivity index (χ0v) is 12.7. The Labute approximate surface area is 132 Å². The van der Waals surface area contributed by atoms with Crippen molar-refractivity contribution in [3.8, 4) is 17.0 Å². The van der Waals surface area contributed by atoms with Gasteiger partial charge in [-0.05, 0) is 18.2 Å². The Morgan fingerprint density at radius 2 is 2.00 bits per heavy atom. The maximum absolute atomic E-state index is 6.12. The second kappa shape index (κ2) is 6.16. The van der Waals surface area contributed by atoms with Crippen LogP contribution >= 0.6 is 22.9 Å². The minimum Gasteiger partial charge on any atom is -0.489 e. The van der Waals surface area contributed by atoms with Gasteiger partial charge < -0.3 is 10.5 Å². The Bertz CT molecular complexity index is 757. The molecule has 0 radical (unpaired) electrons. The number of nitrogens with two attached hydrogens (primary N) is 1. The summed E-state index contributed by atoms with van der Waals surface area (Å²) in [6.45, 7) is 0.433. The summed E-state index contributed by atoms with van der Waals surface area (Å²) in [6, 6.07) is 15.4. The van der Waals surface area contributed by atoms with E-state index in [0.29, 0.717) is 16.8 Å². The van der Waals surface area contributed by atoms with Crippen LogP contribution in [0.3, 0.4) is 0 Å². The van der Waals surface area contributed by atoms with Gasteiger partial charge in [0.15, 0.2) is 5.13 Å². The number of nitrogens with zero attached hydrogens (tertiary/aromatic N) is 1. The standard InChI is InChI=1S/C16H13ClN2OS/c17-14-7-2-1-4-12(14)9-20-13-6-3-5-11(8-13)15-10-21-16(18)19-15/h1-8,10H,9H2,(H2,18,19). The van der Waals surface area contributed by atoms with Crippen LogP contribution in [0, 0.1) is 0 Å². The highest BCUT2D eigenvalue weighted by atomic mass is 35.5. The van der Waals surface area contributed by atoms with Crippen LogP contribution in [0.2, 0.25) is 5.02 Å². The summed E-state index contributed by atoms with van der Waals surface area (Å²) in [5.41, 5.74) is 8.47. The molecule has 3 nitrogen and oxygen atoms in total. The molecule has 106 valence electrons. The molecule has 0 aliphatic carbocycles. The van der Waals surface area contributed by atoms with E-state index in [1.165, 1.54) is 11.3 Å². The van der Waals surface area contributed by atoms with E-state index in [-0.39, 0.29) is 0 Å². The quantitative estimate of drug-likeness (QED) is 0.763. The van der Waals surface area contributed by atoms with Gasteiger partial charge in [0.05, 0.1) is 5.69 Å². The highest BCUT2D eigenvalue weighted by Crippen LogP contribution is 2.27. The fourth-order valence-corrected chi connectivity index (χ4v) is 2.70. The molecule has 3 rings (SSSR count). The van der Waals surface area contributed by atoms with Crippen LogP contribution in [-0.4, -0.2) is 4.98 Å². The molecule has 5 heteroatoms. The molecule has 2 N–H and O–H groups in total. The third-order valence-corrected chi connectivity index (χ3v) is 4.05. The summed E-state index contributed by atoms with van der Waals surface area (Å²) in [5.74, 6) is 0.777. The van der Waals surface area contributed by atoms with E-state index in [1.54, 1.807) is 0 Å². The predicted octanol–water partition coefficient (Wildman–Crippen LogP) is 4.62. The van der Waals surface area contributed by atoms with Crippen LogP contribution in [0.4, 0.5) is 5.13 Å². The average Bonchev–Trinajstić information content (AvgIpc) is 2.93. The van der Waals surface area contributed by atoms with Gasteiger partial charge in [-0.25, -0.2) is 4.98 Å². The molecule has 0 spiro atoms. The van der Waals surface area contributed by atoms with Crippen molar-refractivity contribution in [1.29, 1.82) is 0 Å². The molecule has 0 aliphatic heterocycles. The maximum Gasteiger partial charge on any atom is 0.180 e. The lowest BCUT2D eigenvalue weighted by molar-refractivity contribution is 0.306. The molecule has 2 aromatic carbocycles. The van der Waals surface area contributed by atoms with Crippen molar-refractivity contribution in [2.45, 2.75) is 6.61 Å². The van der Waals surface area contributed by atoms with Crippen molar-refractivity contribution < 1.29 is 4.74 Å². The van der Waals surface area contributed by atoms with Crippen LogP contribution in [0.5, 0.6) is 5.75 Å². The molecule has 21 heavy (non-hydrogen) atoms. The Kier molecular flexibility index (Phi) is 4.08. The summed E-state index contributed by atoms with van der Waals surface area (Å²) in [6.07, 6.45) is 0. The van der Waals surface area contributed by atoms with Crippen molar-refractivity contribution in [3.63, 3.8) is 0 Å². The Balaban J connectivity index is 1.76. The molecule has 3 aromatic rings. The normalized spacial score (nSPS) is 10.5. The van der Waals surface area contributed by atoms with Crippen molar-refractivity contribution in [2.24, 2.45) is 0 Å². The average molecular weight is 317 g/mol. The number of anilines is 1. The van der Waals surface area contributed by atoms with Gasteiger partial charge in [-0.3, -0.25) is 0 Å². The highest BCUT2D eigenvalue weighted by molar-refractivity contribution is 7.13. The number of nitrogen functional groups attached to an aromatic ring is 1. The first-order chi connectivity index (χ1) is 10.2. The summed E-state index contributed by atoms with van der Waals surface area (Å²) in [7, 11) is 0. The number of ether oxygens (including phenoxy) is 1. The summed E-state index contributed by atoms with van der Waals surface area (Å²) in [4.78, 5) is 4.27. The van der Waals surface area contributed by atoms with Gasteiger partial charge in [0, 0.05) is 21.5 Å². The molecular weight excluding hydrogens is 304 g/mol. The SMILES string of the molecule is Nc1nc(-c2cccc(OCc3ccccc3Cl)c2)cs1. The number of benzene rings is 2. The number of thiazole rings is 1. The molecule has 1 heterocycles. The minimum atomic E-state index is 0.433. The van der Waals surface area contributed by atoms with Crippen molar-refractivity contribution in [1.82, 2.24) is 4.98 Å². The lowest BCUT2D eigenvalue weighted by Gasteiger charge is -2.08. The van der Waals surface area contributed by atoms with Crippen LogP contribution in [-0.2, 0) is 6.61 Å². The van der Waals surface area contributed by atoms with Crippen LogP contribution < -0.4 is 10.5 Å². The van der Waals surface area contributed by atoms with Crippen LogP contribution in [0.15, 0.2) is 53.9 Å². The first-order valence-corrected chi connectivity index (χ1v) is 7.66. The van der Waals surface area contributed by atoms with Gasteiger partial charge in [0.1, 0.15) is 12.4 Å². The largest absolute Gasteiger partial charge is 0.489 e. The highest BCUT2D eigenvalue weighted by Gasteiger charge is 2.05. The van der Waals surface area contributed by atoms with Crippen molar-refractivity contribution >= 4 is 28.1 Å². The van der Waals surface area contributed by atoms with E-state index < -0.39 is 0 Å². The first kappa shape index (κ1) is 13.9. The van der Waals surface area contributed by atoms with Gasteiger partial charge in [-0.15, -0.1) is 11.3 Å². The zero-order valence-electron chi connectivity index (χ0n) is 11.1. The Hall–Kier alpha value is -2.04. The van der Waals surface area contributed by atoms with E-state index in [4.69, 9.17) is 22.1 Å². The van der Waals surface area contributed by atoms with E-state index in [9.17, 15) is 0 Å². The predicted molar refractivity (Wildman–Crippen MR) is 87.7 cm³/mol. The molecule has 0 saturated carbocycles. The zero-order chi connectivity index (χ0) is 14.7. The third kappa shape index (κ3) is 3.35. The first-order valence-electron chi connectivity index (χ1n) is 6.40. The van der Waals surface area contributed by atoms with Gasteiger partial charge in [0.2, 0.25) is 0 Å². The second-order valence-electron chi connectivity index (χ2n) is 4.48. The van der Waals surface area contributed by atoms with Gasteiger partial charge in [0.25, 0.3) is 0 Å². The van der Waals surface area contributed by atoms with Gasteiger partial charge in [-0.1, -0.05) is 41.9 Å². The number of rotatable bonds is 4. The molecule has 0 amide bonds. The second-order valence-corrected chi connectivity index (χ2v) is 5.78. The monoisotopic (exact) mass is 316 g/mol. The summed E-state index contributed by atoms with van der Waals surface area (Å²) in [5, 5.41) is 3.20. The molecule has 0 atom stereocenters. The van der Waals surface area contributed by atoms with Crippen molar-refractivity contribution in [2.75, 3.05) is 5.73 Å². The fourth-order valence-electron chi connectivity index (χ4n) is 1.94. The Morgan fingerprint density at radius 1 is 1.14 bits per heavy atom. The molecular formula is C16H13ClN2OS. The molecule has 0 aliphatic rings. The molecule has 0 unspecified atom stereocenters. The molecule has 1 aromatic heterocycles. The number of hydrogen-bond donors (Lipinski definition) is 1. The third-order valence-electron chi connectivity index (χ3n) is 3.00. The minimum absolute atomic E-state index is 0.433. The molecule has 0 saturated heterocycles. The lowest BCUT2D eigenvalue weighted by Crippen LogP contribution is -1.96. The maximum atomic E-state index is 6.12. The smallest absolute Gasteiger partial charge is 0.180 e. The van der Waals surface area contributed by atoms with E-state index in [0.717, 1.165) is 22.6 Å². The van der Waals surface area contributed by atoms with E-state index in [1.807, 2.05) is 53.9 Å². The van der Waals surface area contributed by atoms with Crippen molar-refractivity contribution in [3.05, 3.63) is 64.5 Å². The summed E-state index contributed by atoms with van der Waals surface area (Å²) < 4.78 is 5.80. The fraction of sp³-hybridized carbons (Fsp3) is 0.0625. The molecule has 0 fully saturated rings. The van der Waals surface area contributed by atoms with Crippen LogP contribution in [0.25, 0.3) is 11.3 Å². The Morgan fingerprint density at radius 3 is 2.76 bits per heavy atom.